The van der Waals surface area contributed by atoms with Gasteiger partial charge in [-0.25, -0.2) is 9.97 Å². The van der Waals surface area contributed by atoms with Gasteiger partial charge in [0, 0.05) is 31.1 Å². The van der Waals surface area contributed by atoms with E-state index in [2.05, 4.69) is 29.1 Å². The number of rotatable bonds is 7. The van der Waals surface area contributed by atoms with Crippen molar-refractivity contribution in [2.45, 2.75) is 45.8 Å². The Balaban J connectivity index is 2.94. The van der Waals surface area contributed by atoms with Gasteiger partial charge in [-0.2, -0.15) is 0 Å². The Morgan fingerprint density at radius 2 is 2.18 bits per heavy atom. The highest BCUT2D eigenvalue weighted by Crippen LogP contribution is 2.19. The minimum absolute atomic E-state index is 0.0222. The number of hydrogen-bond donors (Lipinski definition) is 1. The molecular formula is C13H23N3O. The molecule has 96 valence electrons. The van der Waals surface area contributed by atoms with Gasteiger partial charge in [0.2, 0.25) is 0 Å². The van der Waals surface area contributed by atoms with E-state index in [0.717, 1.165) is 37.3 Å². The first kappa shape index (κ1) is 14.1. The molecule has 0 saturated carbocycles. The van der Waals surface area contributed by atoms with Gasteiger partial charge in [-0.1, -0.05) is 20.3 Å². The molecule has 0 fully saturated rings. The highest BCUT2D eigenvalue weighted by atomic mass is 16.5. The normalized spacial score (nSPS) is 12.7. The third-order valence-electron chi connectivity index (χ3n) is 2.80. The Bertz CT molecular complexity index is 341. The van der Waals surface area contributed by atoms with E-state index in [1.54, 1.807) is 7.11 Å². The van der Waals surface area contributed by atoms with Gasteiger partial charge in [-0.3, -0.25) is 0 Å². The fourth-order valence-electron chi connectivity index (χ4n) is 1.87. The summed E-state index contributed by atoms with van der Waals surface area (Å²) < 4.78 is 5.44. The maximum absolute atomic E-state index is 5.44. The fraction of sp³-hybridized carbons (Fsp3) is 0.692. The van der Waals surface area contributed by atoms with Crippen LogP contribution in [-0.4, -0.2) is 24.1 Å². The second-order valence-corrected chi connectivity index (χ2v) is 4.10. The molecule has 0 saturated heterocycles. The molecule has 0 aliphatic carbocycles. The maximum atomic E-state index is 5.44. The van der Waals surface area contributed by atoms with Crippen molar-refractivity contribution in [1.82, 2.24) is 15.3 Å². The summed E-state index contributed by atoms with van der Waals surface area (Å²) in [6.45, 7) is 5.07. The number of nitrogens with one attached hydrogen (secondary N) is 1. The van der Waals surface area contributed by atoms with Crippen molar-refractivity contribution in [3.8, 4) is 0 Å². The summed E-state index contributed by atoms with van der Waals surface area (Å²) in [5.74, 6) is 0.811. The van der Waals surface area contributed by atoms with Crippen LogP contribution in [0, 0.1) is 0 Å². The minimum Gasteiger partial charge on any atom is -0.373 e. The highest BCUT2D eigenvalue weighted by molar-refractivity contribution is 5.18. The third kappa shape index (κ3) is 3.75. The van der Waals surface area contributed by atoms with Crippen LogP contribution in [0.5, 0.6) is 0 Å². The SMILES string of the molecule is CCCC(OC)c1ncc(CNC)c(CC)n1. The first-order chi connectivity index (χ1) is 8.26. The third-order valence-corrected chi connectivity index (χ3v) is 2.80. The van der Waals surface area contributed by atoms with Crippen molar-refractivity contribution in [1.29, 1.82) is 0 Å². The maximum Gasteiger partial charge on any atom is 0.157 e. The van der Waals surface area contributed by atoms with E-state index in [9.17, 15) is 0 Å². The van der Waals surface area contributed by atoms with Crippen LogP contribution in [0.2, 0.25) is 0 Å². The summed E-state index contributed by atoms with van der Waals surface area (Å²) in [4.78, 5) is 9.04. The lowest BCUT2D eigenvalue weighted by molar-refractivity contribution is 0.0873. The Morgan fingerprint density at radius 1 is 1.41 bits per heavy atom. The van der Waals surface area contributed by atoms with Gasteiger partial charge in [0.05, 0.1) is 0 Å². The molecule has 1 aromatic rings. The standard InChI is InChI=1S/C13H23N3O/c1-5-7-12(17-4)13-15-9-10(8-14-3)11(6-2)16-13/h9,12,14H,5-8H2,1-4H3. The molecule has 1 N–H and O–H groups in total. The number of aromatic nitrogens is 2. The minimum atomic E-state index is 0.0222. The zero-order valence-electron chi connectivity index (χ0n) is 11.3. The van der Waals surface area contributed by atoms with E-state index in [0.29, 0.717) is 0 Å². The molecule has 1 unspecified atom stereocenters. The number of ether oxygens (including phenoxy) is 1. The van der Waals surface area contributed by atoms with Crippen LogP contribution < -0.4 is 5.32 Å². The van der Waals surface area contributed by atoms with Crippen LogP contribution in [0.4, 0.5) is 0 Å². The molecule has 1 heterocycles. The Hall–Kier alpha value is -1.00. The fourth-order valence-corrected chi connectivity index (χ4v) is 1.87. The first-order valence-corrected chi connectivity index (χ1v) is 6.28. The van der Waals surface area contributed by atoms with E-state index >= 15 is 0 Å². The van der Waals surface area contributed by atoms with E-state index < -0.39 is 0 Å². The van der Waals surface area contributed by atoms with Crippen molar-refractivity contribution in [3.63, 3.8) is 0 Å². The lowest BCUT2D eigenvalue weighted by atomic mass is 10.1. The van der Waals surface area contributed by atoms with Gasteiger partial charge >= 0.3 is 0 Å². The molecule has 0 radical (unpaired) electrons. The molecular weight excluding hydrogens is 214 g/mol. The number of hydrogen-bond acceptors (Lipinski definition) is 4. The molecule has 0 aliphatic heterocycles. The van der Waals surface area contributed by atoms with Gasteiger partial charge < -0.3 is 10.1 Å². The smallest absolute Gasteiger partial charge is 0.157 e. The average Bonchev–Trinajstić information content (AvgIpc) is 2.37. The van der Waals surface area contributed by atoms with Crippen molar-refractivity contribution >= 4 is 0 Å². The molecule has 1 rings (SSSR count). The van der Waals surface area contributed by atoms with Gasteiger partial charge in [-0.15, -0.1) is 0 Å². The van der Waals surface area contributed by atoms with Crippen molar-refractivity contribution in [2.75, 3.05) is 14.2 Å². The highest BCUT2D eigenvalue weighted by Gasteiger charge is 2.14. The molecule has 4 heteroatoms. The number of nitrogens with zero attached hydrogens (tertiary/aromatic N) is 2. The zero-order valence-corrected chi connectivity index (χ0v) is 11.3. The molecule has 0 amide bonds. The monoisotopic (exact) mass is 237 g/mol. The van der Waals surface area contributed by atoms with Crippen molar-refractivity contribution < 1.29 is 4.74 Å². The second-order valence-electron chi connectivity index (χ2n) is 4.10. The van der Waals surface area contributed by atoms with Crippen LogP contribution in [0.3, 0.4) is 0 Å². The lowest BCUT2D eigenvalue weighted by Crippen LogP contribution is -2.13. The molecule has 0 spiro atoms. The molecule has 0 aliphatic rings. The topological polar surface area (TPSA) is 47.0 Å². The van der Waals surface area contributed by atoms with Crippen LogP contribution in [0.25, 0.3) is 0 Å². The number of methoxy groups -OCH3 is 1. The molecule has 1 aromatic heterocycles. The predicted molar refractivity (Wildman–Crippen MR) is 68.8 cm³/mol. The van der Waals surface area contributed by atoms with Gasteiger partial charge in [0.25, 0.3) is 0 Å². The second kappa shape index (κ2) is 7.35. The summed E-state index contributed by atoms with van der Waals surface area (Å²) >= 11 is 0. The average molecular weight is 237 g/mol. The summed E-state index contributed by atoms with van der Waals surface area (Å²) in [6, 6.07) is 0. The van der Waals surface area contributed by atoms with Gasteiger partial charge in [-0.05, 0) is 19.9 Å². The summed E-state index contributed by atoms with van der Waals surface area (Å²) in [5.41, 5.74) is 2.28. The lowest BCUT2D eigenvalue weighted by Gasteiger charge is -2.15. The van der Waals surface area contributed by atoms with Gasteiger partial charge in [0.1, 0.15) is 6.10 Å². The summed E-state index contributed by atoms with van der Waals surface area (Å²) in [7, 11) is 3.65. The van der Waals surface area contributed by atoms with E-state index in [1.165, 1.54) is 5.56 Å². The molecule has 0 bridgehead atoms. The van der Waals surface area contributed by atoms with Gasteiger partial charge in [0.15, 0.2) is 5.82 Å². The quantitative estimate of drug-likeness (QED) is 0.790. The van der Waals surface area contributed by atoms with Crippen LogP contribution in [0.15, 0.2) is 6.20 Å². The zero-order chi connectivity index (χ0) is 12.7. The largest absolute Gasteiger partial charge is 0.373 e. The molecule has 17 heavy (non-hydrogen) atoms. The first-order valence-electron chi connectivity index (χ1n) is 6.28. The van der Waals surface area contributed by atoms with Crippen molar-refractivity contribution in [2.24, 2.45) is 0 Å². The summed E-state index contributed by atoms with van der Waals surface area (Å²) in [5, 5.41) is 3.14. The Morgan fingerprint density at radius 3 is 2.71 bits per heavy atom. The predicted octanol–water partition coefficient (Wildman–Crippen LogP) is 2.25. The van der Waals surface area contributed by atoms with Crippen LogP contribution in [0.1, 0.15) is 49.9 Å². The van der Waals surface area contributed by atoms with Crippen molar-refractivity contribution in [3.05, 3.63) is 23.3 Å². The molecule has 0 aromatic carbocycles. The van der Waals surface area contributed by atoms with E-state index in [4.69, 9.17) is 4.74 Å². The summed E-state index contributed by atoms with van der Waals surface area (Å²) in [6.07, 6.45) is 4.90. The molecule has 1 atom stereocenters. The number of aryl methyl sites for hydroxylation is 1. The van der Waals surface area contributed by atoms with E-state index in [-0.39, 0.29) is 6.10 Å². The molecule has 4 nitrogen and oxygen atoms in total. The Labute approximate surface area is 104 Å². The Kier molecular flexibility index (Phi) is 6.08. The van der Waals surface area contributed by atoms with Crippen LogP contribution >= 0.6 is 0 Å². The van der Waals surface area contributed by atoms with E-state index in [1.807, 2.05) is 13.2 Å². The van der Waals surface area contributed by atoms with Crippen LogP contribution in [-0.2, 0) is 17.7 Å².